The van der Waals surface area contributed by atoms with E-state index in [2.05, 4.69) is 39.0 Å². The minimum Gasteiger partial charge on any atom is -0.469 e. The Morgan fingerprint density at radius 2 is 1.56 bits per heavy atom. The topological polar surface area (TPSA) is 13.1 Å². The summed E-state index contributed by atoms with van der Waals surface area (Å²) in [6.07, 6.45) is 4.01. The standard InChI is InChI=1S/C12H12O.C3H8/c1-2-12-8-11(9-13-12)10-6-4-3-5-7-10;1-3-2/h3-9H,2H2,1H3;3H2,1-2H3. The van der Waals surface area contributed by atoms with Gasteiger partial charge in [-0.05, 0) is 11.6 Å². The maximum atomic E-state index is 5.37. The van der Waals surface area contributed by atoms with E-state index in [1.54, 1.807) is 0 Å². The van der Waals surface area contributed by atoms with Crippen LogP contribution >= 0.6 is 0 Å². The first kappa shape index (κ1) is 12.6. The number of aryl methyl sites for hydroxylation is 1. The molecule has 0 atom stereocenters. The molecular weight excluding hydrogens is 196 g/mol. The summed E-state index contributed by atoms with van der Waals surface area (Å²) >= 11 is 0. The van der Waals surface area contributed by atoms with Crippen LogP contribution in [0.5, 0.6) is 0 Å². The minimum absolute atomic E-state index is 0.951. The van der Waals surface area contributed by atoms with Crippen LogP contribution in [-0.2, 0) is 6.42 Å². The molecule has 0 amide bonds. The van der Waals surface area contributed by atoms with Crippen LogP contribution in [0.1, 0.15) is 33.0 Å². The van der Waals surface area contributed by atoms with Gasteiger partial charge >= 0.3 is 0 Å². The zero-order chi connectivity index (χ0) is 11.8. The second-order valence-corrected chi connectivity index (χ2v) is 3.73. The van der Waals surface area contributed by atoms with Crippen molar-refractivity contribution in [2.24, 2.45) is 0 Å². The normalized spacial score (nSPS) is 9.44. The van der Waals surface area contributed by atoms with Gasteiger partial charge < -0.3 is 4.42 Å². The van der Waals surface area contributed by atoms with Gasteiger partial charge in [0, 0.05) is 12.0 Å². The van der Waals surface area contributed by atoms with Crippen LogP contribution in [0, 0.1) is 0 Å². The second kappa shape index (κ2) is 6.89. The van der Waals surface area contributed by atoms with Crippen LogP contribution in [0.4, 0.5) is 0 Å². The van der Waals surface area contributed by atoms with Gasteiger partial charge in [0.15, 0.2) is 0 Å². The van der Waals surface area contributed by atoms with Crippen molar-refractivity contribution in [3.63, 3.8) is 0 Å². The molecule has 0 radical (unpaired) electrons. The lowest BCUT2D eigenvalue weighted by molar-refractivity contribution is 0.516. The van der Waals surface area contributed by atoms with Gasteiger partial charge in [-0.2, -0.15) is 0 Å². The Labute approximate surface area is 98.1 Å². The number of rotatable bonds is 2. The van der Waals surface area contributed by atoms with Gasteiger partial charge in [-0.15, -0.1) is 0 Å². The van der Waals surface area contributed by atoms with E-state index in [-0.39, 0.29) is 0 Å². The number of hydrogen-bond donors (Lipinski definition) is 0. The molecular formula is C15H20O. The summed E-state index contributed by atoms with van der Waals surface area (Å²) in [5, 5.41) is 0. The third-order valence-electron chi connectivity index (χ3n) is 2.11. The van der Waals surface area contributed by atoms with Gasteiger partial charge in [-0.25, -0.2) is 0 Å². The Bertz CT molecular complexity index is 387. The summed E-state index contributed by atoms with van der Waals surface area (Å²) in [4.78, 5) is 0. The molecule has 1 aromatic heterocycles. The summed E-state index contributed by atoms with van der Waals surface area (Å²) in [6.45, 7) is 6.34. The molecule has 0 fully saturated rings. The van der Waals surface area contributed by atoms with Crippen molar-refractivity contribution >= 4 is 0 Å². The van der Waals surface area contributed by atoms with Crippen molar-refractivity contribution < 1.29 is 4.42 Å². The van der Waals surface area contributed by atoms with Crippen molar-refractivity contribution in [2.45, 2.75) is 33.6 Å². The summed E-state index contributed by atoms with van der Waals surface area (Å²) in [7, 11) is 0. The molecule has 1 heteroatoms. The van der Waals surface area contributed by atoms with E-state index >= 15 is 0 Å². The largest absolute Gasteiger partial charge is 0.469 e. The van der Waals surface area contributed by atoms with Crippen LogP contribution in [0.3, 0.4) is 0 Å². The number of furan rings is 1. The Morgan fingerprint density at radius 3 is 2.06 bits per heavy atom. The van der Waals surface area contributed by atoms with Crippen molar-refractivity contribution in [3.8, 4) is 11.1 Å². The molecule has 0 aliphatic carbocycles. The Morgan fingerprint density at radius 1 is 0.938 bits per heavy atom. The molecule has 86 valence electrons. The first-order chi connectivity index (χ1) is 7.81. The molecule has 1 heterocycles. The third-order valence-corrected chi connectivity index (χ3v) is 2.11. The van der Waals surface area contributed by atoms with Crippen molar-refractivity contribution in [1.29, 1.82) is 0 Å². The van der Waals surface area contributed by atoms with Gasteiger partial charge in [0.05, 0.1) is 6.26 Å². The van der Waals surface area contributed by atoms with E-state index in [9.17, 15) is 0 Å². The van der Waals surface area contributed by atoms with E-state index < -0.39 is 0 Å². The average molecular weight is 216 g/mol. The van der Waals surface area contributed by atoms with Crippen LogP contribution in [0.25, 0.3) is 11.1 Å². The number of hydrogen-bond acceptors (Lipinski definition) is 1. The lowest BCUT2D eigenvalue weighted by atomic mass is 10.1. The zero-order valence-corrected chi connectivity index (χ0v) is 10.4. The maximum absolute atomic E-state index is 5.37. The lowest BCUT2D eigenvalue weighted by Gasteiger charge is -1.92. The highest BCUT2D eigenvalue weighted by Crippen LogP contribution is 2.21. The lowest BCUT2D eigenvalue weighted by Crippen LogP contribution is -1.72. The van der Waals surface area contributed by atoms with Crippen LogP contribution < -0.4 is 0 Å². The molecule has 0 aliphatic heterocycles. The molecule has 0 N–H and O–H groups in total. The Balaban J connectivity index is 0.000000386. The smallest absolute Gasteiger partial charge is 0.104 e. The average Bonchev–Trinajstić information content (AvgIpc) is 2.80. The third kappa shape index (κ3) is 3.58. The van der Waals surface area contributed by atoms with E-state index in [1.807, 2.05) is 24.5 Å². The van der Waals surface area contributed by atoms with E-state index in [0.29, 0.717) is 0 Å². The maximum Gasteiger partial charge on any atom is 0.104 e. The zero-order valence-electron chi connectivity index (χ0n) is 10.4. The molecule has 0 spiro atoms. The van der Waals surface area contributed by atoms with Gasteiger partial charge in [-0.1, -0.05) is 57.5 Å². The van der Waals surface area contributed by atoms with Crippen LogP contribution in [0.2, 0.25) is 0 Å². The molecule has 0 saturated heterocycles. The molecule has 1 aromatic carbocycles. The van der Waals surface area contributed by atoms with Gasteiger partial charge in [0.1, 0.15) is 5.76 Å². The summed E-state index contributed by atoms with van der Waals surface area (Å²) in [5.41, 5.74) is 2.38. The van der Waals surface area contributed by atoms with E-state index in [4.69, 9.17) is 4.42 Å². The highest BCUT2D eigenvalue weighted by molar-refractivity contribution is 5.62. The Kier molecular flexibility index (Phi) is 5.41. The monoisotopic (exact) mass is 216 g/mol. The highest BCUT2D eigenvalue weighted by Gasteiger charge is 2.00. The molecule has 0 unspecified atom stereocenters. The van der Waals surface area contributed by atoms with Gasteiger partial charge in [-0.3, -0.25) is 0 Å². The van der Waals surface area contributed by atoms with Crippen molar-refractivity contribution in [2.75, 3.05) is 0 Å². The molecule has 0 bridgehead atoms. The number of benzene rings is 1. The fourth-order valence-corrected chi connectivity index (χ4v) is 1.35. The fraction of sp³-hybridized carbons (Fsp3) is 0.333. The molecule has 2 aromatic rings. The van der Waals surface area contributed by atoms with E-state index in [0.717, 1.165) is 17.7 Å². The molecule has 1 nitrogen and oxygen atoms in total. The molecule has 2 rings (SSSR count). The summed E-state index contributed by atoms with van der Waals surface area (Å²) in [6, 6.07) is 12.4. The molecule has 0 saturated carbocycles. The fourth-order valence-electron chi connectivity index (χ4n) is 1.35. The van der Waals surface area contributed by atoms with Crippen molar-refractivity contribution in [1.82, 2.24) is 0 Å². The minimum atomic E-state index is 0.951. The van der Waals surface area contributed by atoms with Crippen molar-refractivity contribution in [3.05, 3.63) is 48.4 Å². The molecule has 0 aliphatic rings. The first-order valence-corrected chi connectivity index (χ1v) is 5.94. The van der Waals surface area contributed by atoms with Crippen LogP contribution in [-0.4, -0.2) is 0 Å². The molecule has 16 heavy (non-hydrogen) atoms. The second-order valence-electron chi connectivity index (χ2n) is 3.73. The van der Waals surface area contributed by atoms with Crippen LogP contribution in [0.15, 0.2) is 47.1 Å². The SMILES string of the molecule is CCC.CCc1cc(-c2ccccc2)co1. The predicted molar refractivity (Wildman–Crippen MR) is 69.5 cm³/mol. The summed E-state index contributed by atoms with van der Waals surface area (Å²) < 4.78 is 5.37. The van der Waals surface area contributed by atoms with Gasteiger partial charge in [0.25, 0.3) is 0 Å². The first-order valence-electron chi connectivity index (χ1n) is 5.94. The summed E-state index contributed by atoms with van der Waals surface area (Å²) in [5.74, 6) is 1.04. The highest BCUT2D eigenvalue weighted by atomic mass is 16.3. The quantitative estimate of drug-likeness (QED) is 0.694. The van der Waals surface area contributed by atoms with E-state index in [1.165, 1.54) is 12.0 Å². The predicted octanol–water partition coefficient (Wildman–Crippen LogP) is 4.93. The van der Waals surface area contributed by atoms with Gasteiger partial charge in [0.2, 0.25) is 0 Å². The Hall–Kier alpha value is -1.50.